The zero-order valence-electron chi connectivity index (χ0n) is 9.52. The molecule has 0 aromatic heterocycles. The molecule has 0 unspecified atom stereocenters. The predicted octanol–water partition coefficient (Wildman–Crippen LogP) is 1.64. The third-order valence-electron chi connectivity index (χ3n) is 2.16. The molecule has 0 bridgehead atoms. The second-order valence-corrected chi connectivity index (χ2v) is 3.51. The number of nitro groups is 1. The summed E-state index contributed by atoms with van der Waals surface area (Å²) in [6, 6.07) is 3.68. The number of nitro benzene ring substituents is 1. The van der Waals surface area contributed by atoms with Crippen LogP contribution >= 0.6 is 0 Å². The summed E-state index contributed by atoms with van der Waals surface area (Å²) in [6.45, 7) is -2.05. The van der Waals surface area contributed by atoms with Gasteiger partial charge in [0.1, 0.15) is 6.61 Å². The van der Waals surface area contributed by atoms with Gasteiger partial charge in [-0.05, 0) is 6.07 Å². The van der Waals surface area contributed by atoms with Crippen molar-refractivity contribution in [2.24, 2.45) is 0 Å². The third kappa shape index (κ3) is 3.52. The molecule has 0 fully saturated rings. The van der Waals surface area contributed by atoms with Crippen molar-refractivity contribution in [1.82, 2.24) is 0 Å². The fourth-order valence-corrected chi connectivity index (χ4v) is 1.23. The number of aliphatic hydroxyl groups is 1. The van der Waals surface area contributed by atoms with Crippen LogP contribution in [-0.2, 0) is 0 Å². The van der Waals surface area contributed by atoms with Crippen LogP contribution in [0.25, 0.3) is 0 Å². The Morgan fingerprint density at radius 2 is 2.22 bits per heavy atom. The summed E-state index contributed by atoms with van der Waals surface area (Å²) >= 11 is 0. The number of anilines is 1. The summed E-state index contributed by atoms with van der Waals surface area (Å²) in [5.41, 5.74) is -0.0115. The van der Waals surface area contributed by atoms with Gasteiger partial charge in [-0.3, -0.25) is 10.1 Å². The van der Waals surface area contributed by atoms with Gasteiger partial charge in [0.05, 0.1) is 18.6 Å². The Hall–Kier alpha value is -1.96. The fourth-order valence-electron chi connectivity index (χ4n) is 1.23. The van der Waals surface area contributed by atoms with E-state index < -0.39 is 24.0 Å². The largest absolute Gasteiger partial charge is 0.490 e. The van der Waals surface area contributed by atoms with Crippen LogP contribution in [0.2, 0.25) is 0 Å². The van der Waals surface area contributed by atoms with Gasteiger partial charge in [0.2, 0.25) is 0 Å². The van der Waals surface area contributed by atoms with Crippen LogP contribution < -0.4 is 10.1 Å². The van der Waals surface area contributed by atoms with Gasteiger partial charge in [-0.2, -0.15) is 0 Å². The van der Waals surface area contributed by atoms with E-state index in [1.807, 2.05) is 0 Å². The number of nitrogens with zero attached hydrogens (tertiary/aromatic N) is 1. The average molecular weight is 262 g/mol. The van der Waals surface area contributed by atoms with Gasteiger partial charge in [-0.1, -0.05) is 0 Å². The zero-order chi connectivity index (χ0) is 13.8. The number of halogens is 2. The number of methoxy groups -OCH3 is 1. The Morgan fingerprint density at radius 1 is 1.56 bits per heavy atom. The summed E-state index contributed by atoms with van der Waals surface area (Å²) in [5.74, 6) is -3.29. The number of hydrogen-bond donors (Lipinski definition) is 2. The molecule has 0 spiro atoms. The number of hydrogen-bond acceptors (Lipinski definition) is 5. The molecule has 100 valence electrons. The maximum Gasteiger partial charge on any atom is 0.311 e. The fraction of sp³-hybridized carbons (Fsp3) is 0.400. The molecule has 1 aromatic carbocycles. The van der Waals surface area contributed by atoms with E-state index in [1.165, 1.54) is 19.2 Å². The van der Waals surface area contributed by atoms with Crippen molar-refractivity contribution in [2.75, 3.05) is 25.6 Å². The Kier molecular flexibility index (Phi) is 4.38. The molecule has 0 saturated heterocycles. The monoisotopic (exact) mass is 262 g/mol. The van der Waals surface area contributed by atoms with Crippen molar-refractivity contribution in [2.45, 2.75) is 5.92 Å². The summed E-state index contributed by atoms with van der Waals surface area (Å²) in [6.07, 6.45) is 0. The van der Waals surface area contributed by atoms with Gasteiger partial charge >= 0.3 is 5.69 Å². The van der Waals surface area contributed by atoms with E-state index in [2.05, 4.69) is 5.32 Å². The van der Waals surface area contributed by atoms with Gasteiger partial charge in [0.25, 0.3) is 5.92 Å². The maximum atomic E-state index is 12.8. The van der Waals surface area contributed by atoms with E-state index in [1.54, 1.807) is 0 Å². The van der Waals surface area contributed by atoms with E-state index >= 15 is 0 Å². The first kappa shape index (κ1) is 14.1. The van der Waals surface area contributed by atoms with Crippen LogP contribution in [0.15, 0.2) is 18.2 Å². The number of benzene rings is 1. The summed E-state index contributed by atoms with van der Waals surface area (Å²) < 4.78 is 30.3. The highest BCUT2D eigenvalue weighted by Crippen LogP contribution is 2.30. The Balaban J connectivity index is 2.83. The van der Waals surface area contributed by atoms with E-state index in [0.717, 1.165) is 6.07 Å². The lowest BCUT2D eigenvalue weighted by atomic mass is 10.2. The van der Waals surface area contributed by atoms with Gasteiger partial charge in [-0.15, -0.1) is 0 Å². The smallest absolute Gasteiger partial charge is 0.311 e. The number of alkyl halides is 2. The second-order valence-electron chi connectivity index (χ2n) is 3.51. The Labute approximate surface area is 101 Å². The molecule has 0 radical (unpaired) electrons. The van der Waals surface area contributed by atoms with Crippen molar-refractivity contribution in [3.05, 3.63) is 28.3 Å². The SMILES string of the molecule is COc1cc(NCC(F)(F)CO)ccc1[N+](=O)[O-]. The molecule has 0 aliphatic carbocycles. The molecule has 0 amide bonds. The van der Waals surface area contributed by atoms with E-state index in [9.17, 15) is 18.9 Å². The van der Waals surface area contributed by atoms with Gasteiger partial charge in [0.15, 0.2) is 5.75 Å². The highest BCUT2D eigenvalue weighted by Gasteiger charge is 2.27. The molecule has 0 heterocycles. The Bertz CT molecular complexity index is 440. The lowest BCUT2D eigenvalue weighted by Crippen LogP contribution is -2.30. The Morgan fingerprint density at radius 3 is 2.72 bits per heavy atom. The zero-order valence-corrected chi connectivity index (χ0v) is 9.52. The topological polar surface area (TPSA) is 84.6 Å². The summed E-state index contributed by atoms with van der Waals surface area (Å²) in [7, 11) is 1.24. The highest BCUT2D eigenvalue weighted by atomic mass is 19.3. The second kappa shape index (κ2) is 5.58. The van der Waals surface area contributed by atoms with Crippen LogP contribution in [0.3, 0.4) is 0 Å². The molecule has 2 N–H and O–H groups in total. The maximum absolute atomic E-state index is 12.8. The minimum atomic E-state index is -3.25. The molecule has 0 saturated carbocycles. The number of rotatable bonds is 6. The van der Waals surface area contributed by atoms with Crippen molar-refractivity contribution >= 4 is 11.4 Å². The molecular formula is C10H12F2N2O4. The number of aliphatic hydroxyl groups excluding tert-OH is 1. The van der Waals surface area contributed by atoms with Crippen LogP contribution in [0.4, 0.5) is 20.2 Å². The lowest BCUT2D eigenvalue weighted by Gasteiger charge is -2.15. The predicted molar refractivity (Wildman–Crippen MR) is 60.2 cm³/mol. The summed E-state index contributed by atoms with van der Waals surface area (Å²) in [5, 5.41) is 21.4. The standard InChI is InChI=1S/C10H12F2N2O4/c1-18-9-4-7(2-3-8(9)14(16)17)13-5-10(11,12)6-15/h2-4,13,15H,5-6H2,1H3. The molecule has 8 heteroatoms. The molecule has 0 atom stereocenters. The molecular weight excluding hydrogens is 250 g/mol. The van der Waals surface area contributed by atoms with Crippen molar-refractivity contribution in [1.29, 1.82) is 0 Å². The number of nitrogens with one attached hydrogen (secondary N) is 1. The molecule has 0 aliphatic rings. The first-order valence-electron chi connectivity index (χ1n) is 4.94. The summed E-state index contributed by atoms with van der Waals surface area (Å²) in [4.78, 5) is 9.97. The van der Waals surface area contributed by atoms with Gasteiger partial charge < -0.3 is 15.2 Å². The van der Waals surface area contributed by atoms with Crippen molar-refractivity contribution < 1.29 is 23.5 Å². The van der Waals surface area contributed by atoms with Crippen LogP contribution in [0, 0.1) is 10.1 Å². The van der Waals surface area contributed by atoms with E-state index in [4.69, 9.17) is 9.84 Å². The first-order valence-corrected chi connectivity index (χ1v) is 4.94. The molecule has 1 aromatic rings. The minimum Gasteiger partial charge on any atom is -0.490 e. The van der Waals surface area contributed by atoms with Crippen molar-refractivity contribution in [3.8, 4) is 5.75 Å². The average Bonchev–Trinajstić information content (AvgIpc) is 2.36. The normalized spacial score (nSPS) is 11.1. The van der Waals surface area contributed by atoms with Crippen LogP contribution in [-0.4, -0.2) is 36.2 Å². The minimum absolute atomic E-state index is 0.0303. The van der Waals surface area contributed by atoms with Gasteiger partial charge in [-0.25, -0.2) is 8.78 Å². The molecule has 18 heavy (non-hydrogen) atoms. The highest BCUT2D eigenvalue weighted by molar-refractivity contribution is 5.58. The third-order valence-corrected chi connectivity index (χ3v) is 2.16. The van der Waals surface area contributed by atoms with Crippen molar-refractivity contribution in [3.63, 3.8) is 0 Å². The molecule has 1 rings (SSSR count). The van der Waals surface area contributed by atoms with Crippen LogP contribution in [0.5, 0.6) is 5.75 Å². The van der Waals surface area contributed by atoms with Gasteiger partial charge in [0, 0.05) is 17.8 Å². The quantitative estimate of drug-likeness (QED) is 0.601. The van der Waals surface area contributed by atoms with E-state index in [-0.39, 0.29) is 17.1 Å². The molecule has 0 aliphatic heterocycles. The lowest BCUT2D eigenvalue weighted by molar-refractivity contribution is -0.385. The van der Waals surface area contributed by atoms with E-state index in [0.29, 0.717) is 0 Å². The number of ether oxygens (including phenoxy) is 1. The van der Waals surface area contributed by atoms with Crippen LogP contribution in [0.1, 0.15) is 0 Å². The first-order chi connectivity index (χ1) is 8.39. The molecule has 6 nitrogen and oxygen atoms in total.